The van der Waals surface area contributed by atoms with E-state index in [0.717, 1.165) is 32.6 Å². The Balaban J connectivity index is 1.78. The molecule has 100 valence electrons. The first kappa shape index (κ1) is 13.0. The van der Waals surface area contributed by atoms with Crippen molar-refractivity contribution in [1.29, 1.82) is 0 Å². The minimum Gasteiger partial charge on any atom is -0.476 e. The number of aromatic nitrogens is 1. The maximum absolute atomic E-state index is 10.6. The second kappa shape index (κ2) is 5.49. The number of aromatic carboxylic acids is 1. The lowest BCUT2D eigenvalue weighted by molar-refractivity contribution is 0.0238. The van der Waals surface area contributed by atoms with E-state index in [0.29, 0.717) is 12.3 Å². The standard InChI is InChI=1S/C12H18N2O4/c1-12(2-4-17-5-3-12)8-13-7-9-6-10(11(15)16)14-18-9/h6,13H,2-5,7-8H2,1H3,(H,15,16). The SMILES string of the molecule is CC1(CNCc2cc(C(=O)O)no2)CCOCC1. The van der Waals surface area contributed by atoms with E-state index >= 15 is 0 Å². The molecule has 0 saturated carbocycles. The number of hydrogen-bond acceptors (Lipinski definition) is 5. The zero-order valence-corrected chi connectivity index (χ0v) is 10.4. The first-order chi connectivity index (χ1) is 8.59. The van der Waals surface area contributed by atoms with E-state index in [9.17, 15) is 4.79 Å². The molecule has 0 amide bonds. The van der Waals surface area contributed by atoms with Crippen molar-refractivity contribution in [3.05, 3.63) is 17.5 Å². The third-order valence-electron chi connectivity index (χ3n) is 3.33. The van der Waals surface area contributed by atoms with Crippen LogP contribution in [0.2, 0.25) is 0 Å². The molecule has 0 aromatic carbocycles. The van der Waals surface area contributed by atoms with E-state index in [4.69, 9.17) is 14.4 Å². The van der Waals surface area contributed by atoms with Crippen molar-refractivity contribution < 1.29 is 19.2 Å². The van der Waals surface area contributed by atoms with Crippen LogP contribution in [0.25, 0.3) is 0 Å². The van der Waals surface area contributed by atoms with Gasteiger partial charge in [0.05, 0.1) is 6.54 Å². The quantitative estimate of drug-likeness (QED) is 0.823. The first-order valence-electron chi connectivity index (χ1n) is 6.06. The molecule has 0 aliphatic carbocycles. The molecule has 0 spiro atoms. The van der Waals surface area contributed by atoms with Gasteiger partial charge in [-0.15, -0.1) is 0 Å². The minimum absolute atomic E-state index is 0.0518. The van der Waals surface area contributed by atoms with Crippen molar-refractivity contribution in [2.75, 3.05) is 19.8 Å². The Morgan fingerprint density at radius 2 is 2.28 bits per heavy atom. The fourth-order valence-corrected chi connectivity index (χ4v) is 2.03. The first-order valence-corrected chi connectivity index (χ1v) is 6.06. The lowest BCUT2D eigenvalue weighted by Gasteiger charge is -2.33. The predicted molar refractivity (Wildman–Crippen MR) is 63.3 cm³/mol. The Morgan fingerprint density at radius 3 is 2.89 bits per heavy atom. The molecule has 18 heavy (non-hydrogen) atoms. The summed E-state index contributed by atoms with van der Waals surface area (Å²) in [4.78, 5) is 10.6. The number of rotatable bonds is 5. The van der Waals surface area contributed by atoms with Crippen LogP contribution in [0, 0.1) is 5.41 Å². The highest BCUT2D eigenvalue weighted by Crippen LogP contribution is 2.28. The Labute approximate surface area is 105 Å². The van der Waals surface area contributed by atoms with Gasteiger partial charge in [-0.25, -0.2) is 4.79 Å². The van der Waals surface area contributed by atoms with Crippen LogP contribution in [0.1, 0.15) is 36.0 Å². The summed E-state index contributed by atoms with van der Waals surface area (Å²) in [5.41, 5.74) is 0.192. The van der Waals surface area contributed by atoms with Crippen LogP contribution < -0.4 is 5.32 Å². The average molecular weight is 254 g/mol. The number of hydrogen-bond donors (Lipinski definition) is 2. The van der Waals surface area contributed by atoms with Gasteiger partial charge in [0.1, 0.15) is 0 Å². The van der Waals surface area contributed by atoms with E-state index in [2.05, 4.69) is 17.4 Å². The molecule has 1 aromatic heterocycles. The number of carboxylic acid groups (broad SMARTS) is 1. The van der Waals surface area contributed by atoms with Crippen molar-refractivity contribution in [1.82, 2.24) is 10.5 Å². The highest BCUT2D eigenvalue weighted by Gasteiger charge is 2.26. The third-order valence-corrected chi connectivity index (χ3v) is 3.33. The lowest BCUT2D eigenvalue weighted by Crippen LogP contribution is -2.36. The Morgan fingerprint density at radius 1 is 1.56 bits per heavy atom. The molecule has 0 unspecified atom stereocenters. The van der Waals surface area contributed by atoms with Gasteiger partial charge in [0.15, 0.2) is 11.5 Å². The van der Waals surface area contributed by atoms with E-state index in [1.807, 2.05) is 0 Å². The van der Waals surface area contributed by atoms with Crippen LogP contribution in [-0.2, 0) is 11.3 Å². The molecule has 0 atom stereocenters. The summed E-state index contributed by atoms with van der Waals surface area (Å²) in [6.07, 6.45) is 2.08. The molecule has 2 N–H and O–H groups in total. The van der Waals surface area contributed by atoms with Crippen LogP contribution in [0.5, 0.6) is 0 Å². The zero-order valence-electron chi connectivity index (χ0n) is 10.4. The van der Waals surface area contributed by atoms with Gasteiger partial charge in [0, 0.05) is 25.8 Å². The highest BCUT2D eigenvalue weighted by atomic mass is 16.5. The summed E-state index contributed by atoms with van der Waals surface area (Å²) in [6.45, 7) is 5.20. The van der Waals surface area contributed by atoms with Crippen molar-refractivity contribution in [2.24, 2.45) is 5.41 Å². The van der Waals surface area contributed by atoms with Crippen LogP contribution in [0.3, 0.4) is 0 Å². The molecule has 1 aliphatic heterocycles. The Kier molecular flexibility index (Phi) is 3.98. The summed E-state index contributed by atoms with van der Waals surface area (Å²) >= 11 is 0. The Bertz CT molecular complexity index is 410. The van der Waals surface area contributed by atoms with E-state index in [1.165, 1.54) is 6.07 Å². The zero-order chi connectivity index (χ0) is 13.0. The summed E-state index contributed by atoms with van der Waals surface area (Å²) in [7, 11) is 0. The van der Waals surface area contributed by atoms with Crippen LogP contribution >= 0.6 is 0 Å². The van der Waals surface area contributed by atoms with Crippen LogP contribution in [-0.4, -0.2) is 36.0 Å². The van der Waals surface area contributed by atoms with Gasteiger partial charge in [-0.05, 0) is 18.3 Å². The largest absolute Gasteiger partial charge is 0.476 e. The highest BCUT2D eigenvalue weighted by molar-refractivity contribution is 5.85. The van der Waals surface area contributed by atoms with Crippen molar-refractivity contribution in [3.8, 4) is 0 Å². The second-order valence-corrected chi connectivity index (χ2v) is 5.01. The third kappa shape index (κ3) is 3.30. The van der Waals surface area contributed by atoms with Crippen molar-refractivity contribution in [2.45, 2.75) is 26.3 Å². The van der Waals surface area contributed by atoms with Gasteiger partial charge in [0.2, 0.25) is 0 Å². The lowest BCUT2D eigenvalue weighted by atomic mass is 9.82. The monoisotopic (exact) mass is 254 g/mol. The molecular formula is C12H18N2O4. The van der Waals surface area contributed by atoms with E-state index in [-0.39, 0.29) is 11.1 Å². The topological polar surface area (TPSA) is 84.6 Å². The number of ether oxygens (including phenoxy) is 1. The van der Waals surface area contributed by atoms with Crippen molar-refractivity contribution >= 4 is 5.97 Å². The van der Waals surface area contributed by atoms with Crippen molar-refractivity contribution in [3.63, 3.8) is 0 Å². The summed E-state index contributed by atoms with van der Waals surface area (Å²) in [6, 6.07) is 1.45. The molecule has 0 bridgehead atoms. The van der Waals surface area contributed by atoms with Gasteiger partial charge < -0.3 is 19.7 Å². The summed E-state index contributed by atoms with van der Waals surface area (Å²) < 4.78 is 10.3. The fourth-order valence-electron chi connectivity index (χ4n) is 2.03. The molecular weight excluding hydrogens is 236 g/mol. The summed E-state index contributed by atoms with van der Waals surface area (Å²) in [5.74, 6) is -0.524. The number of carboxylic acids is 1. The molecule has 1 aromatic rings. The predicted octanol–water partition coefficient (Wildman–Crippen LogP) is 1.28. The molecule has 2 rings (SSSR count). The van der Waals surface area contributed by atoms with Crippen LogP contribution in [0.15, 0.2) is 10.6 Å². The summed E-state index contributed by atoms with van der Waals surface area (Å²) in [5, 5.41) is 15.5. The molecule has 2 heterocycles. The molecule has 1 aliphatic rings. The second-order valence-electron chi connectivity index (χ2n) is 5.01. The van der Waals surface area contributed by atoms with Gasteiger partial charge in [-0.2, -0.15) is 0 Å². The van der Waals surface area contributed by atoms with E-state index < -0.39 is 5.97 Å². The molecule has 1 saturated heterocycles. The maximum Gasteiger partial charge on any atom is 0.358 e. The van der Waals surface area contributed by atoms with Gasteiger partial charge >= 0.3 is 5.97 Å². The maximum atomic E-state index is 10.6. The molecule has 6 nitrogen and oxygen atoms in total. The fraction of sp³-hybridized carbons (Fsp3) is 0.667. The van der Waals surface area contributed by atoms with E-state index in [1.54, 1.807) is 0 Å². The molecule has 6 heteroatoms. The average Bonchev–Trinajstić information content (AvgIpc) is 2.78. The smallest absolute Gasteiger partial charge is 0.358 e. The van der Waals surface area contributed by atoms with Gasteiger partial charge in [0.25, 0.3) is 0 Å². The molecule has 0 radical (unpaired) electrons. The van der Waals surface area contributed by atoms with Crippen LogP contribution in [0.4, 0.5) is 0 Å². The number of nitrogens with one attached hydrogen (secondary N) is 1. The van der Waals surface area contributed by atoms with Gasteiger partial charge in [-0.1, -0.05) is 12.1 Å². The normalized spacial score (nSPS) is 18.7. The number of nitrogens with zero attached hydrogens (tertiary/aromatic N) is 1. The minimum atomic E-state index is -1.07. The Hall–Kier alpha value is -1.40. The number of carbonyl (C=O) groups is 1. The van der Waals surface area contributed by atoms with Gasteiger partial charge in [-0.3, -0.25) is 0 Å². The molecule has 1 fully saturated rings.